The number of likely N-dealkylation sites (tertiary alicyclic amines) is 1. The predicted octanol–water partition coefficient (Wildman–Crippen LogP) is 6.54. The number of benzene rings is 2. The van der Waals surface area contributed by atoms with Gasteiger partial charge in [0.1, 0.15) is 17.6 Å². The van der Waals surface area contributed by atoms with Gasteiger partial charge in [-0.15, -0.1) is 11.3 Å². The molecule has 3 fully saturated rings. The SMILES string of the molecule is Cc1nccc(C(=O)Nc2cc3sc(C4CCC(CN5CCCC(CCNc6cccc7c6C(=O)N(C6CCC(=O)NC6=O)C7=O)CCC5)CC4)nc3cc2C(C)(C)O)n1. The number of hydrogen-bond donors (Lipinski definition) is 4. The number of nitrogens with zero attached hydrogens (tertiary/aromatic N) is 5. The average Bonchev–Trinajstić information content (AvgIpc) is 3.73. The van der Waals surface area contributed by atoms with Gasteiger partial charge in [0.2, 0.25) is 11.8 Å². The van der Waals surface area contributed by atoms with Crippen LogP contribution in [0.2, 0.25) is 0 Å². The van der Waals surface area contributed by atoms with E-state index in [0.717, 1.165) is 84.7 Å². The number of carbonyl (C=O) groups is 5. The molecule has 60 heavy (non-hydrogen) atoms. The van der Waals surface area contributed by atoms with E-state index >= 15 is 0 Å². The summed E-state index contributed by atoms with van der Waals surface area (Å²) in [5, 5.41) is 20.8. The van der Waals surface area contributed by atoms with Gasteiger partial charge in [-0.2, -0.15) is 0 Å². The molecule has 2 aromatic carbocycles. The van der Waals surface area contributed by atoms with Gasteiger partial charge in [0.05, 0.1) is 32.0 Å². The lowest BCUT2D eigenvalue weighted by Crippen LogP contribution is -2.54. The van der Waals surface area contributed by atoms with E-state index in [1.165, 1.54) is 12.8 Å². The number of piperidine rings is 1. The van der Waals surface area contributed by atoms with Gasteiger partial charge in [0.15, 0.2) is 0 Å². The van der Waals surface area contributed by atoms with Crippen molar-refractivity contribution in [2.75, 3.05) is 36.8 Å². The number of aryl methyl sites for hydroxylation is 1. The summed E-state index contributed by atoms with van der Waals surface area (Å²) in [7, 11) is 0. The topological polar surface area (TPSA) is 187 Å². The molecule has 2 aromatic heterocycles. The summed E-state index contributed by atoms with van der Waals surface area (Å²) in [6, 6.07) is 9.65. The Kier molecular flexibility index (Phi) is 12.1. The molecule has 0 bridgehead atoms. The van der Waals surface area contributed by atoms with Crippen LogP contribution in [0, 0.1) is 18.8 Å². The molecule has 4 N–H and O–H groups in total. The number of aromatic nitrogens is 3. The second kappa shape index (κ2) is 17.5. The van der Waals surface area contributed by atoms with Crippen LogP contribution in [0.3, 0.4) is 0 Å². The van der Waals surface area contributed by atoms with Crippen molar-refractivity contribution in [3.8, 4) is 0 Å². The van der Waals surface area contributed by atoms with Crippen molar-refractivity contribution < 1.29 is 29.1 Å². The van der Waals surface area contributed by atoms with Crippen LogP contribution in [0.25, 0.3) is 10.2 Å². The Labute approximate surface area is 353 Å². The molecule has 0 radical (unpaired) electrons. The van der Waals surface area contributed by atoms with Crippen LogP contribution in [0.5, 0.6) is 0 Å². The quantitative estimate of drug-likeness (QED) is 0.120. The van der Waals surface area contributed by atoms with Gasteiger partial charge < -0.3 is 20.6 Å². The normalized spacial score (nSPS) is 22.1. The maximum atomic E-state index is 13.5. The Hall–Kier alpha value is -5.12. The van der Waals surface area contributed by atoms with Crippen LogP contribution >= 0.6 is 11.3 Å². The number of fused-ring (bicyclic) bond motifs is 2. The van der Waals surface area contributed by atoms with E-state index < -0.39 is 29.4 Å². The van der Waals surface area contributed by atoms with Gasteiger partial charge in [0.25, 0.3) is 17.7 Å². The number of nitrogens with one attached hydrogen (secondary N) is 3. The first-order chi connectivity index (χ1) is 28.8. The summed E-state index contributed by atoms with van der Waals surface area (Å²) in [5.74, 6) is -0.174. The van der Waals surface area contributed by atoms with E-state index in [4.69, 9.17) is 4.98 Å². The number of hydrogen-bond acceptors (Lipinski definition) is 12. The van der Waals surface area contributed by atoms with E-state index in [9.17, 15) is 29.1 Å². The molecule has 15 heteroatoms. The Bertz CT molecular complexity index is 2300. The lowest BCUT2D eigenvalue weighted by atomic mass is 9.82. The molecule has 8 rings (SSSR count). The lowest BCUT2D eigenvalue weighted by molar-refractivity contribution is -0.136. The first-order valence-electron chi connectivity index (χ1n) is 21.4. The number of rotatable bonds is 11. The third-order valence-corrected chi connectivity index (χ3v) is 13.9. The summed E-state index contributed by atoms with van der Waals surface area (Å²) < 4.78 is 0.984. The number of imide groups is 2. The zero-order chi connectivity index (χ0) is 42.1. The number of anilines is 2. The Morgan fingerprint density at radius 3 is 2.42 bits per heavy atom. The fraction of sp³-hybridized carbons (Fsp3) is 0.511. The molecule has 0 spiro atoms. The van der Waals surface area contributed by atoms with Crippen molar-refractivity contribution in [1.29, 1.82) is 0 Å². The van der Waals surface area contributed by atoms with Crippen LogP contribution < -0.4 is 16.0 Å². The highest BCUT2D eigenvalue weighted by atomic mass is 32.1. The number of amides is 5. The molecular weight excluding hydrogens is 781 g/mol. The van der Waals surface area contributed by atoms with Gasteiger partial charge in [-0.25, -0.2) is 15.0 Å². The van der Waals surface area contributed by atoms with Crippen molar-refractivity contribution in [1.82, 2.24) is 30.1 Å². The van der Waals surface area contributed by atoms with E-state index in [2.05, 4.69) is 30.8 Å². The van der Waals surface area contributed by atoms with Crippen molar-refractivity contribution >= 4 is 62.5 Å². The molecule has 2 saturated heterocycles. The fourth-order valence-electron chi connectivity index (χ4n) is 9.51. The van der Waals surface area contributed by atoms with E-state index in [1.54, 1.807) is 56.5 Å². The predicted molar refractivity (Wildman–Crippen MR) is 229 cm³/mol. The molecule has 1 atom stereocenters. The molecule has 5 heterocycles. The first kappa shape index (κ1) is 41.6. The van der Waals surface area contributed by atoms with Gasteiger partial charge in [-0.3, -0.25) is 34.2 Å². The molecule has 4 aromatic rings. The molecule has 1 saturated carbocycles. The van der Waals surface area contributed by atoms with Crippen LogP contribution in [-0.4, -0.2) is 91.6 Å². The molecule has 5 amide bonds. The summed E-state index contributed by atoms with van der Waals surface area (Å²) in [4.78, 5) is 81.1. The minimum Gasteiger partial charge on any atom is -0.386 e. The Morgan fingerprint density at radius 2 is 1.70 bits per heavy atom. The third-order valence-electron chi connectivity index (χ3n) is 12.7. The average molecular weight is 835 g/mol. The van der Waals surface area contributed by atoms with Gasteiger partial charge in [-0.1, -0.05) is 6.07 Å². The van der Waals surface area contributed by atoms with Gasteiger partial charge in [-0.05, 0) is 140 Å². The smallest absolute Gasteiger partial charge is 0.274 e. The highest BCUT2D eigenvalue weighted by molar-refractivity contribution is 7.18. The zero-order valence-electron chi connectivity index (χ0n) is 34.6. The highest BCUT2D eigenvalue weighted by Gasteiger charge is 2.45. The molecule has 1 aliphatic carbocycles. The molecule has 14 nitrogen and oxygen atoms in total. The molecular formula is C45H54N8O6S. The minimum atomic E-state index is -1.19. The second-order valence-corrected chi connectivity index (χ2v) is 18.5. The maximum Gasteiger partial charge on any atom is 0.274 e. The van der Waals surface area contributed by atoms with Crippen LogP contribution in [0.4, 0.5) is 11.4 Å². The van der Waals surface area contributed by atoms with Gasteiger partial charge in [0, 0.05) is 48.6 Å². The maximum absolute atomic E-state index is 13.5. The van der Waals surface area contributed by atoms with Crippen molar-refractivity contribution in [3.05, 3.63) is 75.8 Å². The molecule has 3 aliphatic heterocycles. The molecule has 4 aliphatic rings. The summed E-state index contributed by atoms with van der Waals surface area (Å²) in [5.41, 5.74) is 2.30. The monoisotopic (exact) mass is 834 g/mol. The van der Waals surface area contributed by atoms with E-state index in [1.807, 2.05) is 18.2 Å². The number of thiazole rings is 1. The molecule has 316 valence electrons. The van der Waals surface area contributed by atoms with Crippen molar-refractivity contribution in [2.45, 2.75) is 109 Å². The van der Waals surface area contributed by atoms with E-state index in [0.29, 0.717) is 58.2 Å². The summed E-state index contributed by atoms with van der Waals surface area (Å²) in [6.07, 6.45) is 11.9. The Balaban J connectivity index is 0.800. The van der Waals surface area contributed by atoms with Crippen LogP contribution in [-0.2, 0) is 15.2 Å². The largest absolute Gasteiger partial charge is 0.386 e. The lowest BCUT2D eigenvalue weighted by Gasteiger charge is -2.34. The molecule has 1 unspecified atom stereocenters. The van der Waals surface area contributed by atoms with Gasteiger partial charge >= 0.3 is 0 Å². The Morgan fingerprint density at radius 1 is 0.933 bits per heavy atom. The van der Waals surface area contributed by atoms with E-state index in [-0.39, 0.29) is 30.3 Å². The van der Waals surface area contributed by atoms with Crippen molar-refractivity contribution in [2.24, 2.45) is 11.8 Å². The standard InChI is InChI=1S/C45H54N8O6S/c1-26-46-20-18-33(48-26)40(55)49-34-24-37-35(23-31(34)45(2,3)59)50-42(60-37)29-13-11-28(12-14-29)25-52-21-5-7-27(8-6-22-52)17-19-47-32-10-4-9-30-39(32)44(58)53(43(30)57)36-15-16-38(54)51-41(36)56/h4,9-10,18,20,23-24,27-29,36,47,59H,5-8,11-17,19,21-22,25H2,1-3H3,(H,49,55)(H,51,54,56). The number of carbonyl (C=O) groups excluding carboxylic acids is 5. The highest BCUT2D eigenvalue weighted by Crippen LogP contribution is 2.42. The fourth-order valence-corrected chi connectivity index (χ4v) is 10.7. The second-order valence-electron chi connectivity index (χ2n) is 17.5. The minimum absolute atomic E-state index is 0.0917. The summed E-state index contributed by atoms with van der Waals surface area (Å²) >= 11 is 1.68. The third kappa shape index (κ3) is 8.98. The summed E-state index contributed by atoms with van der Waals surface area (Å²) in [6.45, 7) is 9.18. The van der Waals surface area contributed by atoms with Crippen LogP contribution in [0.1, 0.15) is 138 Å². The number of aliphatic hydroxyl groups is 1. The van der Waals surface area contributed by atoms with Crippen molar-refractivity contribution in [3.63, 3.8) is 0 Å². The first-order valence-corrected chi connectivity index (χ1v) is 22.2. The van der Waals surface area contributed by atoms with Crippen LogP contribution in [0.15, 0.2) is 42.6 Å². The zero-order valence-corrected chi connectivity index (χ0v) is 35.4.